The Morgan fingerprint density at radius 1 is 1.08 bits per heavy atom. The van der Waals surface area contributed by atoms with Crippen molar-refractivity contribution in [3.8, 4) is 0 Å². The van der Waals surface area contributed by atoms with Crippen LogP contribution in [-0.4, -0.2) is 50.3 Å². The van der Waals surface area contributed by atoms with E-state index in [9.17, 15) is 4.79 Å². The van der Waals surface area contributed by atoms with Gasteiger partial charge in [-0.15, -0.1) is 5.10 Å². The van der Waals surface area contributed by atoms with E-state index in [0.29, 0.717) is 24.0 Å². The molecule has 2 aromatic heterocycles. The third-order valence-corrected chi connectivity index (χ3v) is 8.14. The first-order valence-electron chi connectivity index (χ1n) is 11.9. The molecule has 0 saturated carbocycles. The van der Waals surface area contributed by atoms with Crippen molar-refractivity contribution in [2.45, 2.75) is 45.9 Å². The van der Waals surface area contributed by atoms with Crippen molar-refractivity contribution >= 4 is 48.5 Å². The van der Waals surface area contributed by atoms with Crippen molar-refractivity contribution in [2.75, 3.05) is 6.61 Å². The lowest BCUT2D eigenvalue weighted by Gasteiger charge is -2.19. The molecule has 0 saturated heterocycles. The summed E-state index contributed by atoms with van der Waals surface area (Å²) in [6.07, 6.45) is 1.81. The molecule has 0 aliphatic carbocycles. The van der Waals surface area contributed by atoms with Crippen LogP contribution in [0.5, 0.6) is 0 Å². The molecule has 0 bridgehead atoms. The lowest BCUT2D eigenvalue weighted by Crippen LogP contribution is -2.23. The summed E-state index contributed by atoms with van der Waals surface area (Å²) in [5.74, 6) is -0.0589. The summed E-state index contributed by atoms with van der Waals surface area (Å²) in [6.45, 7) is 10.4. The van der Waals surface area contributed by atoms with Crippen molar-refractivity contribution in [2.24, 2.45) is 0 Å². The van der Waals surface area contributed by atoms with Crippen molar-refractivity contribution < 1.29 is 9.53 Å². The smallest absolute Gasteiger partial charge is 0.259 e. The van der Waals surface area contributed by atoms with Crippen LogP contribution in [-0.2, 0) is 18.0 Å². The number of hydrogen-bond donors (Lipinski definition) is 0. The molecule has 186 valence electrons. The van der Waals surface area contributed by atoms with E-state index < -0.39 is 8.07 Å². The van der Waals surface area contributed by atoms with Gasteiger partial charge in [0.05, 0.1) is 29.7 Å². The SMILES string of the molecule is Cc1cc(Cl)n(/C=C2/c3ccccc3C(=O)N2Cc2ccc3c(c2)nnn3COCC[Si](C)(C)C)n1. The fraction of sp³-hybridized carbons (Fsp3) is 0.308. The predicted octanol–water partition coefficient (Wildman–Crippen LogP) is 5.51. The molecule has 1 aliphatic heterocycles. The Balaban J connectivity index is 1.39. The van der Waals surface area contributed by atoms with Crippen LogP contribution in [0.2, 0.25) is 30.8 Å². The second kappa shape index (κ2) is 9.65. The van der Waals surface area contributed by atoms with Gasteiger partial charge in [-0.05, 0) is 42.8 Å². The van der Waals surface area contributed by atoms with Crippen LogP contribution < -0.4 is 0 Å². The highest BCUT2D eigenvalue weighted by Crippen LogP contribution is 2.35. The van der Waals surface area contributed by atoms with Crippen LogP contribution in [0.15, 0.2) is 48.5 Å². The molecule has 10 heteroatoms. The summed E-state index contributed by atoms with van der Waals surface area (Å²) in [7, 11) is -1.14. The Bertz CT molecular complexity index is 1470. The number of carbonyl (C=O) groups is 1. The third kappa shape index (κ3) is 5.00. The zero-order valence-corrected chi connectivity index (χ0v) is 22.7. The number of rotatable bonds is 8. The minimum atomic E-state index is -1.14. The lowest BCUT2D eigenvalue weighted by atomic mass is 10.1. The summed E-state index contributed by atoms with van der Waals surface area (Å²) in [6, 6.07) is 16.4. The van der Waals surface area contributed by atoms with Gasteiger partial charge in [0.2, 0.25) is 0 Å². The maximum Gasteiger partial charge on any atom is 0.259 e. The molecule has 36 heavy (non-hydrogen) atoms. The van der Waals surface area contributed by atoms with Gasteiger partial charge in [0.15, 0.2) is 0 Å². The molecule has 2 aromatic carbocycles. The van der Waals surface area contributed by atoms with Crippen LogP contribution >= 0.6 is 11.6 Å². The zero-order valence-electron chi connectivity index (χ0n) is 20.9. The van der Waals surface area contributed by atoms with Crippen LogP contribution in [0.1, 0.15) is 27.2 Å². The maximum absolute atomic E-state index is 13.4. The summed E-state index contributed by atoms with van der Waals surface area (Å²) >= 11 is 6.36. The van der Waals surface area contributed by atoms with Gasteiger partial charge in [-0.25, -0.2) is 9.36 Å². The Hall–Kier alpha value is -3.27. The van der Waals surface area contributed by atoms with Gasteiger partial charge >= 0.3 is 0 Å². The second-order valence-corrected chi connectivity index (χ2v) is 16.3. The second-order valence-electron chi connectivity index (χ2n) is 10.3. The number of amides is 1. The lowest BCUT2D eigenvalue weighted by molar-refractivity contribution is 0.0803. The fourth-order valence-electron chi connectivity index (χ4n) is 4.20. The molecule has 8 nitrogen and oxygen atoms in total. The van der Waals surface area contributed by atoms with Crippen molar-refractivity contribution in [1.82, 2.24) is 29.7 Å². The standard InChI is InChI=1S/C26H29ClN6O2Si/c1-18-13-25(27)32(29-18)16-24-20-7-5-6-8-21(20)26(34)31(24)15-19-9-10-23-22(14-19)28-30-33(23)17-35-11-12-36(2,3)4/h5-10,13-14,16H,11-12,15,17H2,1-4H3/b24-16-. The average molecular weight is 521 g/mol. The molecule has 0 fully saturated rings. The van der Waals surface area contributed by atoms with Gasteiger partial charge in [-0.1, -0.05) is 60.7 Å². The molecule has 1 aliphatic rings. The van der Waals surface area contributed by atoms with Gasteiger partial charge < -0.3 is 9.64 Å². The number of ether oxygens (including phenoxy) is 1. The number of hydrogen-bond acceptors (Lipinski definition) is 5. The largest absolute Gasteiger partial charge is 0.359 e. The van der Waals surface area contributed by atoms with Crippen molar-refractivity contribution in [3.63, 3.8) is 0 Å². The summed E-state index contributed by atoms with van der Waals surface area (Å²) in [4.78, 5) is 15.1. The highest BCUT2D eigenvalue weighted by molar-refractivity contribution is 6.76. The normalized spacial score (nSPS) is 14.9. The topological polar surface area (TPSA) is 78.1 Å². The molecule has 0 radical (unpaired) electrons. The molecule has 0 spiro atoms. The highest BCUT2D eigenvalue weighted by Gasteiger charge is 2.32. The Labute approximate surface area is 216 Å². The first-order chi connectivity index (χ1) is 17.2. The molecular formula is C26H29ClN6O2Si. The molecule has 4 aromatic rings. The van der Waals surface area contributed by atoms with E-state index in [-0.39, 0.29) is 5.91 Å². The van der Waals surface area contributed by atoms with E-state index >= 15 is 0 Å². The van der Waals surface area contributed by atoms with Crippen molar-refractivity contribution in [3.05, 3.63) is 76.1 Å². The van der Waals surface area contributed by atoms with Gasteiger partial charge in [-0.2, -0.15) is 5.10 Å². The number of aryl methyl sites for hydroxylation is 1. The van der Waals surface area contributed by atoms with Crippen LogP contribution in [0.3, 0.4) is 0 Å². The molecular weight excluding hydrogens is 492 g/mol. The monoisotopic (exact) mass is 520 g/mol. The number of benzene rings is 2. The predicted molar refractivity (Wildman–Crippen MR) is 144 cm³/mol. The zero-order chi connectivity index (χ0) is 25.4. The minimum Gasteiger partial charge on any atom is -0.359 e. The van der Waals surface area contributed by atoms with Gasteiger partial charge in [0.1, 0.15) is 17.4 Å². The quantitative estimate of drug-likeness (QED) is 0.226. The van der Waals surface area contributed by atoms with Crippen LogP contribution in [0.4, 0.5) is 0 Å². The first kappa shape index (κ1) is 24.4. The Morgan fingerprint density at radius 3 is 2.58 bits per heavy atom. The number of nitrogens with zero attached hydrogens (tertiary/aromatic N) is 6. The summed E-state index contributed by atoms with van der Waals surface area (Å²) < 4.78 is 9.22. The van der Waals surface area contributed by atoms with E-state index in [2.05, 4.69) is 35.1 Å². The molecule has 5 rings (SSSR count). The molecule has 0 N–H and O–H groups in total. The minimum absolute atomic E-state index is 0.0589. The Morgan fingerprint density at radius 2 is 1.86 bits per heavy atom. The molecule has 0 atom stereocenters. The molecule has 1 amide bonds. The highest BCUT2D eigenvalue weighted by atomic mass is 35.5. The van der Waals surface area contributed by atoms with E-state index in [4.69, 9.17) is 16.3 Å². The number of carbonyl (C=O) groups excluding carboxylic acids is 1. The Kier molecular flexibility index (Phi) is 6.54. The van der Waals surface area contributed by atoms with E-state index in [1.54, 1.807) is 20.3 Å². The molecule has 0 unspecified atom stereocenters. The maximum atomic E-state index is 13.4. The number of aromatic nitrogens is 5. The van der Waals surface area contributed by atoms with Crippen molar-refractivity contribution in [1.29, 1.82) is 0 Å². The number of halogens is 1. The third-order valence-electron chi connectivity index (χ3n) is 6.16. The fourth-order valence-corrected chi connectivity index (χ4v) is 5.21. The average Bonchev–Trinajstić information content (AvgIpc) is 3.46. The van der Waals surface area contributed by atoms with E-state index in [0.717, 1.165) is 46.2 Å². The van der Waals surface area contributed by atoms with Crippen LogP contribution in [0, 0.1) is 6.92 Å². The van der Waals surface area contributed by atoms with E-state index in [1.165, 1.54) is 0 Å². The van der Waals surface area contributed by atoms with Crippen LogP contribution in [0.25, 0.3) is 22.9 Å². The van der Waals surface area contributed by atoms with E-state index in [1.807, 2.05) is 55.6 Å². The van der Waals surface area contributed by atoms with Gasteiger partial charge in [0.25, 0.3) is 5.91 Å². The summed E-state index contributed by atoms with van der Waals surface area (Å²) in [5.41, 5.74) is 5.68. The first-order valence-corrected chi connectivity index (χ1v) is 16.0. The number of fused-ring (bicyclic) bond motifs is 2. The summed E-state index contributed by atoms with van der Waals surface area (Å²) in [5, 5.41) is 13.5. The van der Waals surface area contributed by atoms with Gasteiger partial charge in [-0.3, -0.25) is 4.79 Å². The molecule has 3 heterocycles. The van der Waals surface area contributed by atoms with Gasteiger partial charge in [0, 0.05) is 25.8 Å².